The lowest BCUT2D eigenvalue weighted by molar-refractivity contribution is 0.0591. The maximum Gasteiger partial charge on any atom is 0.359 e. The molecule has 2 aromatic rings. The van der Waals surface area contributed by atoms with Crippen LogP contribution in [-0.2, 0) is 18.0 Å². The normalized spacial score (nSPS) is 11.1. The van der Waals surface area contributed by atoms with Crippen LogP contribution in [0.2, 0.25) is 10.0 Å². The van der Waals surface area contributed by atoms with Crippen LogP contribution in [0.4, 0.5) is 0 Å². The minimum Gasteiger partial charge on any atom is -0.464 e. The van der Waals surface area contributed by atoms with E-state index >= 15 is 0 Å². The van der Waals surface area contributed by atoms with E-state index < -0.39 is 5.97 Å². The first-order chi connectivity index (χ1) is 10.8. The first-order valence-corrected chi connectivity index (χ1v) is 8.32. The van der Waals surface area contributed by atoms with Crippen molar-refractivity contribution in [3.05, 3.63) is 49.7 Å². The van der Waals surface area contributed by atoms with Gasteiger partial charge in [-0.25, -0.2) is 4.79 Å². The molecule has 0 aliphatic rings. The second kappa shape index (κ2) is 7.66. The van der Waals surface area contributed by atoms with Gasteiger partial charge in [0.1, 0.15) is 0 Å². The largest absolute Gasteiger partial charge is 0.464 e. The number of carbonyl (C=O) groups excluding carboxylic acids is 1. The average molecular weight is 421 g/mol. The molecular formula is C15H16BrCl2N3O2. The van der Waals surface area contributed by atoms with Crippen molar-refractivity contribution in [1.29, 1.82) is 0 Å². The molecule has 0 radical (unpaired) electrons. The minimum absolute atomic E-state index is 0.263. The van der Waals surface area contributed by atoms with Gasteiger partial charge in [-0.15, -0.1) is 0 Å². The van der Waals surface area contributed by atoms with Crippen LogP contribution in [0.5, 0.6) is 0 Å². The Labute approximate surface area is 153 Å². The number of methoxy groups -OCH3 is 1. The number of ether oxygens (including phenoxy) is 1. The first-order valence-electron chi connectivity index (χ1n) is 6.77. The zero-order chi connectivity index (χ0) is 17.1. The fourth-order valence-corrected chi connectivity index (χ4v) is 2.95. The molecule has 23 heavy (non-hydrogen) atoms. The highest BCUT2D eigenvalue weighted by Gasteiger charge is 2.20. The molecule has 0 fully saturated rings. The summed E-state index contributed by atoms with van der Waals surface area (Å²) in [5.74, 6) is -0.473. The summed E-state index contributed by atoms with van der Waals surface area (Å²) in [6.45, 7) is 2.97. The SMILES string of the molecule is COC(=O)c1nn(CN(C)Cc2cccc(Cl)c2Cl)c(C)c1Br. The molecule has 0 bridgehead atoms. The molecule has 1 heterocycles. The summed E-state index contributed by atoms with van der Waals surface area (Å²) in [5, 5.41) is 5.38. The molecule has 0 saturated carbocycles. The Balaban J connectivity index is 2.16. The predicted molar refractivity (Wildman–Crippen MR) is 93.9 cm³/mol. The number of esters is 1. The Kier molecular flexibility index (Phi) is 6.08. The molecule has 1 aromatic carbocycles. The quantitative estimate of drug-likeness (QED) is 0.682. The molecular weight excluding hydrogens is 405 g/mol. The molecule has 0 spiro atoms. The number of carbonyl (C=O) groups is 1. The smallest absolute Gasteiger partial charge is 0.359 e. The monoisotopic (exact) mass is 419 g/mol. The third-order valence-electron chi connectivity index (χ3n) is 3.36. The standard InChI is InChI=1S/C15H16BrCl2N3O2/c1-9-12(16)14(15(22)23-3)19-21(9)8-20(2)7-10-5-4-6-11(17)13(10)18/h4-6H,7-8H2,1-3H3. The zero-order valence-corrected chi connectivity index (χ0v) is 16.0. The number of nitrogens with zero attached hydrogens (tertiary/aromatic N) is 3. The van der Waals surface area contributed by atoms with E-state index in [1.807, 2.05) is 31.0 Å². The lowest BCUT2D eigenvalue weighted by atomic mass is 10.2. The molecule has 0 N–H and O–H groups in total. The van der Waals surface area contributed by atoms with Crippen LogP contribution in [0.3, 0.4) is 0 Å². The van der Waals surface area contributed by atoms with Gasteiger partial charge in [-0.05, 0) is 41.5 Å². The Morgan fingerprint density at radius 1 is 1.43 bits per heavy atom. The van der Waals surface area contributed by atoms with Crippen molar-refractivity contribution in [2.24, 2.45) is 0 Å². The van der Waals surface area contributed by atoms with Crippen molar-refractivity contribution in [2.75, 3.05) is 14.2 Å². The van der Waals surface area contributed by atoms with E-state index in [4.69, 9.17) is 27.9 Å². The number of hydrogen-bond acceptors (Lipinski definition) is 4. The molecule has 2 rings (SSSR count). The molecule has 0 saturated heterocycles. The van der Waals surface area contributed by atoms with Crippen LogP contribution in [0.1, 0.15) is 21.7 Å². The highest BCUT2D eigenvalue weighted by molar-refractivity contribution is 9.10. The summed E-state index contributed by atoms with van der Waals surface area (Å²) in [4.78, 5) is 13.7. The predicted octanol–water partition coefficient (Wildman–Crippen LogP) is 4.14. The van der Waals surface area contributed by atoms with Gasteiger partial charge < -0.3 is 4.74 Å². The molecule has 1 aromatic heterocycles. The van der Waals surface area contributed by atoms with E-state index in [2.05, 4.69) is 21.0 Å². The number of aromatic nitrogens is 2. The number of benzene rings is 1. The van der Waals surface area contributed by atoms with Gasteiger partial charge in [-0.1, -0.05) is 35.3 Å². The average Bonchev–Trinajstić information content (AvgIpc) is 2.79. The summed E-state index contributed by atoms with van der Waals surface area (Å²) < 4.78 is 7.09. The number of rotatable bonds is 5. The number of halogens is 3. The van der Waals surface area contributed by atoms with Gasteiger partial charge in [0.25, 0.3) is 0 Å². The van der Waals surface area contributed by atoms with Gasteiger partial charge in [0.05, 0.1) is 34.0 Å². The Morgan fingerprint density at radius 2 is 2.13 bits per heavy atom. The number of hydrogen-bond donors (Lipinski definition) is 0. The van der Waals surface area contributed by atoms with Crippen molar-refractivity contribution >= 4 is 45.1 Å². The van der Waals surface area contributed by atoms with Crippen molar-refractivity contribution < 1.29 is 9.53 Å². The van der Waals surface area contributed by atoms with E-state index in [-0.39, 0.29) is 5.69 Å². The molecule has 5 nitrogen and oxygen atoms in total. The van der Waals surface area contributed by atoms with E-state index in [0.29, 0.717) is 27.7 Å². The van der Waals surface area contributed by atoms with Crippen LogP contribution < -0.4 is 0 Å². The van der Waals surface area contributed by atoms with E-state index in [1.54, 1.807) is 10.7 Å². The maximum atomic E-state index is 11.7. The maximum absolute atomic E-state index is 11.7. The molecule has 8 heteroatoms. The van der Waals surface area contributed by atoms with Gasteiger partial charge >= 0.3 is 5.97 Å². The lowest BCUT2D eigenvalue weighted by Crippen LogP contribution is -2.23. The van der Waals surface area contributed by atoms with E-state index in [1.165, 1.54) is 7.11 Å². The van der Waals surface area contributed by atoms with Gasteiger partial charge in [0.2, 0.25) is 0 Å². The second-order valence-corrected chi connectivity index (χ2v) is 6.69. The molecule has 0 aliphatic carbocycles. The van der Waals surface area contributed by atoms with Gasteiger partial charge in [0.15, 0.2) is 5.69 Å². The van der Waals surface area contributed by atoms with Crippen molar-refractivity contribution in [3.8, 4) is 0 Å². The van der Waals surface area contributed by atoms with E-state index in [9.17, 15) is 4.79 Å². The molecule has 0 amide bonds. The van der Waals surface area contributed by atoms with Gasteiger partial charge in [-0.2, -0.15) is 5.10 Å². The van der Waals surface area contributed by atoms with Gasteiger partial charge in [0, 0.05) is 6.54 Å². The summed E-state index contributed by atoms with van der Waals surface area (Å²) in [6, 6.07) is 5.55. The van der Waals surface area contributed by atoms with Crippen LogP contribution in [0.25, 0.3) is 0 Å². The summed E-state index contributed by atoms with van der Waals surface area (Å²) in [5.41, 5.74) is 2.03. The third-order valence-corrected chi connectivity index (χ3v) is 5.17. The fraction of sp³-hybridized carbons (Fsp3) is 0.333. The molecule has 124 valence electrons. The van der Waals surface area contributed by atoms with Crippen LogP contribution in [-0.4, -0.2) is 34.8 Å². The topological polar surface area (TPSA) is 47.4 Å². The minimum atomic E-state index is -0.473. The summed E-state index contributed by atoms with van der Waals surface area (Å²) in [7, 11) is 3.26. The van der Waals surface area contributed by atoms with Gasteiger partial charge in [-0.3, -0.25) is 9.58 Å². The van der Waals surface area contributed by atoms with Crippen molar-refractivity contribution in [3.63, 3.8) is 0 Å². The van der Waals surface area contributed by atoms with Crippen LogP contribution >= 0.6 is 39.1 Å². The van der Waals surface area contributed by atoms with Crippen LogP contribution in [0.15, 0.2) is 22.7 Å². The summed E-state index contributed by atoms with van der Waals surface area (Å²) in [6.07, 6.45) is 0. The molecule has 0 atom stereocenters. The fourth-order valence-electron chi connectivity index (χ4n) is 2.13. The molecule has 0 unspecified atom stereocenters. The molecule has 0 aliphatic heterocycles. The Hall–Kier alpha value is -1.08. The van der Waals surface area contributed by atoms with Crippen LogP contribution in [0, 0.1) is 6.92 Å². The third kappa shape index (κ3) is 4.07. The highest BCUT2D eigenvalue weighted by Crippen LogP contribution is 2.27. The summed E-state index contributed by atoms with van der Waals surface area (Å²) >= 11 is 15.6. The van der Waals surface area contributed by atoms with Crippen molar-refractivity contribution in [2.45, 2.75) is 20.1 Å². The Bertz CT molecular complexity index is 734. The van der Waals surface area contributed by atoms with E-state index in [0.717, 1.165) is 11.3 Å². The Morgan fingerprint density at radius 3 is 2.78 bits per heavy atom. The highest BCUT2D eigenvalue weighted by atomic mass is 79.9. The van der Waals surface area contributed by atoms with Crippen molar-refractivity contribution in [1.82, 2.24) is 14.7 Å². The lowest BCUT2D eigenvalue weighted by Gasteiger charge is -2.18. The first kappa shape index (κ1) is 18.3. The second-order valence-electron chi connectivity index (χ2n) is 5.11. The zero-order valence-electron chi connectivity index (χ0n) is 12.9.